The van der Waals surface area contributed by atoms with Crippen LogP contribution in [-0.2, 0) is 4.79 Å². The summed E-state index contributed by atoms with van der Waals surface area (Å²) < 4.78 is 0. The van der Waals surface area contributed by atoms with Gasteiger partial charge in [-0.05, 0) is 63.2 Å². The van der Waals surface area contributed by atoms with Gasteiger partial charge in [0.05, 0.1) is 18.3 Å². The predicted octanol–water partition coefficient (Wildman–Crippen LogP) is 1.44. The van der Waals surface area contributed by atoms with Gasteiger partial charge in [0.2, 0.25) is 0 Å². The number of allylic oxidation sites excluding steroid dienone is 2. The van der Waals surface area contributed by atoms with Crippen molar-refractivity contribution in [1.29, 1.82) is 0 Å². The molecule has 0 aromatic carbocycles. The van der Waals surface area contributed by atoms with Crippen molar-refractivity contribution in [2.24, 2.45) is 11.8 Å². The Morgan fingerprint density at radius 3 is 2.48 bits per heavy atom. The second kappa shape index (κ2) is 10.3. The lowest BCUT2D eigenvalue weighted by molar-refractivity contribution is -0.137. The van der Waals surface area contributed by atoms with Gasteiger partial charge in [-0.1, -0.05) is 12.2 Å². The molecule has 1 saturated carbocycles. The number of aliphatic hydroxyl groups excluding tert-OH is 3. The highest BCUT2D eigenvalue weighted by molar-refractivity contribution is 5.66. The normalized spacial score (nSPS) is 33.0. The first-order valence-electron chi connectivity index (χ1n) is 9.61. The lowest BCUT2D eigenvalue weighted by Gasteiger charge is -2.23. The van der Waals surface area contributed by atoms with Gasteiger partial charge in [-0.25, -0.2) is 0 Å². The molecule has 6 heteroatoms. The van der Waals surface area contributed by atoms with Crippen molar-refractivity contribution in [2.45, 2.75) is 82.1 Å². The molecule has 5 N–H and O–H groups in total. The molecule has 25 heavy (non-hydrogen) atoms. The number of unbranched alkanes of at least 4 members (excludes halogenated alkanes) is 1. The number of hydrogen-bond donors (Lipinski definition) is 5. The molecular formula is C19H33NO5. The molecule has 0 aromatic heterocycles. The van der Waals surface area contributed by atoms with Crippen LogP contribution < -0.4 is 5.32 Å². The van der Waals surface area contributed by atoms with Crippen molar-refractivity contribution in [3.63, 3.8) is 0 Å². The summed E-state index contributed by atoms with van der Waals surface area (Å²) >= 11 is 0. The standard InChI is InChI=1S/C19H33NO5/c21-14(8-7-13-12-20-13)9-10-16-15(17(22)11-18(16)23)5-3-1-2-4-6-19(24)25/h1,3,13-18,20-23H,2,4-12H2,(H,24,25)/b3-1-/t13?,14-,15+,16+,17-,18+/m0/s1. The van der Waals surface area contributed by atoms with Crippen LogP contribution in [0.3, 0.4) is 0 Å². The van der Waals surface area contributed by atoms with Gasteiger partial charge in [0.15, 0.2) is 0 Å². The fraction of sp³-hybridized carbons (Fsp3) is 0.842. The van der Waals surface area contributed by atoms with Crippen LogP contribution in [0.25, 0.3) is 0 Å². The van der Waals surface area contributed by atoms with E-state index in [1.807, 2.05) is 12.2 Å². The molecule has 1 heterocycles. The Hall–Kier alpha value is -0.950. The summed E-state index contributed by atoms with van der Waals surface area (Å²) in [4.78, 5) is 10.5. The minimum atomic E-state index is -0.779. The van der Waals surface area contributed by atoms with E-state index in [-0.39, 0.29) is 24.4 Å². The first kappa shape index (κ1) is 20.4. The molecule has 1 saturated heterocycles. The molecule has 0 radical (unpaired) electrons. The van der Waals surface area contributed by atoms with Gasteiger partial charge in [0, 0.05) is 19.0 Å². The van der Waals surface area contributed by atoms with Crippen molar-refractivity contribution in [3.8, 4) is 0 Å². The van der Waals surface area contributed by atoms with E-state index in [9.17, 15) is 20.1 Å². The molecule has 1 unspecified atom stereocenters. The summed E-state index contributed by atoms with van der Waals surface area (Å²) in [6, 6.07) is 0.576. The number of carboxylic acids is 1. The average Bonchev–Trinajstić information content (AvgIpc) is 3.33. The molecule has 2 fully saturated rings. The largest absolute Gasteiger partial charge is 0.481 e. The minimum absolute atomic E-state index is 0.0167. The van der Waals surface area contributed by atoms with Crippen LogP contribution in [0.5, 0.6) is 0 Å². The maximum absolute atomic E-state index is 10.5. The van der Waals surface area contributed by atoms with E-state index in [2.05, 4.69) is 5.32 Å². The molecule has 6 atom stereocenters. The Morgan fingerprint density at radius 2 is 1.80 bits per heavy atom. The monoisotopic (exact) mass is 355 g/mol. The summed E-state index contributed by atoms with van der Waals surface area (Å²) in [7, 11) is 0. The first-order chi connectivity index (χ1) is 12.0. The third-order valence-corrected chi connectivity index (χ3v) is 5.53. The van der Waals surface area contributed by atoms with E-state index in [1.165, 1.54) is 0 Å². The van der Waals surface area contributed by atoms with Gasteiger partial charge in [-0.3, -0.25) is 4.79 Å². The number of carbonyl (C=O) groups is 1. The maximum atomic E-state index is 10.5. The van der Waals surface area contributed by atoms with Gasteiger partial charge in [0.25, 0.3) is 0 Å². The summed E-state index contributed by atoms with van der Waals surface area (Å²) in [5, 5.41) is 42.4. The van der Waals surface area contributed by atoms with Gasteiger partial charge >= 0.3 is 5.97 Å². The molecule has 0 aromatic rings. The zero-order valence-corrected chi connectivity index (χ0v) is 14.9. The maximum Gasteiger partial charge on any atom is 0.303 e. The Labute approximate surface area is 149 Å². The number of carboxylic acid groups (broad SMARTS) is 1. The van der Waals surface area contributed by atoms with E-state index in [0.29, 0.717) is 31.7 Å². The van der Waals surface area contributed by atoms with E-state index in [4.69, 9.17) is 5.11 Å². The van der Waals surface area contributed by atoms with Crippen molar-refractivity contribution < 1.29 is 25.2 Å². The van der Waals surface area contributed by atoms with E-state index >= 15 is 0 Å². The zero-order valence-electron chi connectivity index (χ0n) is 14.9. The molecule has 2 aliphatic rings. The molecule has 144 valence electrons. The Bertz CT molecular complexity index is 438. The molecule has 6 nitrogen and oxygen atoms in total. The smallest absolute Gasteiger partial charge is 0.303 e. The molecular weight excluding hydrogens is 322 g/mol. The average molecular weight is 355 g/mol. The molecule has 1 aliphatic heterocycles. The molecule has 0 amide bonds. The molecule has 0 spiro atoms. The number of aliphatic hydroxyl groups is 3. The van der Waals surface area contributed by atoms with E-state index < -0.39 is 18.2 Å². The SMILES string of the molecule is O=C(O)CCC/C=C\C[C@@H]1[C@@H](CC[C@@H](O)CCC2CN2)[C@H](O)C[C@@H]1O. The van der Waals surface area contributed by atoms with Crippen LogP contribution in [0.4, 0.5) is 0 Å². The lowest BCUT2D eigenvalue weighted by atomic mass is 9.85. The van der Waals surface area contributed by atoms with Crippen LogP contribution in [0.15, 0.2) is 12.2 Å². The third-order valence-electron chi connectivity index (χ3n) is 5.53. The van der Waals surface area contributed by atoms with E-state index in [1.54, 1.807) is 0 Å². The Balaban J connectivity index is 1.70. The van der Waals surface area contributed by atoms with Crippen molar-refractivity contribution in [3.05, 3.63) is 12.2 Å². The van der Waals surface area contributed by atoms with Crippen LogP contribution in [0.2, 0.25) is 0 Å². The third kappa shape index (κ3) is 7.44. The van der Waals surface area contributed by atoms with Crippen LogP contribution in [0, 0.1) is 11.8 Å². The number of aliphatic carboxylic acids is 1. The summed E-state index contributed by atoms with van der Waals surface area (Å²) in [5.74, 6) is -0.741. The molecule has 1 aliphatic carbocycles. The highest BCUT2D eigenvalue weighted by Crippen LogP contribution is 2.38. The van der Waals surface area contributed by atoms with Crippen molar-refractivity contribution in [1.82, 2.24) is 5.32 Å². The van der Waals surface area contributed by atoms with Gasteiger partial charge in [-0.15, -0.1) is 0 Å². The fourth-order valence-electron chi connectivity index (χ4n) is 3.86. The van der Waals surface area contributed by atoms with E-state index in [0.717, 1.165) is 32.2 Å². The number of rotatable bonds is 12. The van der Waals surface area contributed by atoms with Crippen LogP contribution >= 0.6 is 0 Å². The fourth-order valence-corrected chi connectivity index (χ4v) is 3.86. The summed E-state index contributed by atoms with van der Waals surface area (Å²) in [6.07, 6.45) is 8.42. The summed E-state index contributed by atoms with van der Waals surface area (Å²) in [5.41, 5.74) is 0. The number of hydrogen-bond acceptors (Lipinski definition) is 5. The Morgan fingerprint density at radius 1 is 1.12 bits per heavy atom. The Kier molecular flexibility index (Phi) is 8.36. The van der Waals surface area contributed by atoms with Crippen molar-refractivity contribution in [2.75, 3.05) is 6.54 Å². The lowest BCUT2D eigenvalue weighted by Crippen LogP contribution is -2.23. The van der Waals surface area contributed by atoms with Gasteiger partial charge in [0.1, 0.15) is 0 Å². The quantitative estimate of drug-likeness (QED) is 0.205. The molecule has 0 bridgehead atoms. The van der Waals surface area contributed by atoms with Gasteiger partial charge in [-0.2, -0.15) is 0 Å². The molecule has 2 rings (SSSR count). The highest BCUT2D eigenvalue weighted by atomic mass is 16.4. The topological polar surface area (TPSA) is 120 Å². The number of nitrogens with one attached hydrogen (secondary N) is 1. The second-order valence-corrected chi connectivity index (χ2v) is 7.60. The summed E-state index contributed by atoms with van der Waals surface area (Å²) in [6.45, 7) is 1.06. The van der Waals surface area contributed by atoms with Gasteiger partial charge < -0.3 is 25.7 Å². The van der Waals surface area contributed by atoms with Crippen LogP contribution in [-0.4, -0.2) is 57.3 Å². The zero-order chi connectivity index (χ0) is 18.2. The van der Waals surface area contributed by atoms with Crippen LogP contribution in [0.1, 0.15) is 57.8 Å². The predicted molar refractivity (Wildman–Crippen MR) is 95.1 cm³/mol. The minimum Gasteiger partial charge on any atom is -0.481 e. The first-order valence-corrected chi connectivity index (χ1v) is 9.61. The van der Waals surface area contributed by atoms with Crippen molar-refractivity contribution >= 4 is 5.97 Å². The second-order valence-electron chi connectivity index (χ2n) is 7.60. The highest BCUT2D eigenvalue weighted by Gasteiger charge is 2.40.